The third kappa shape index (κ3) is 3.67. The van der Waals surface area contributed by atoms with Gasteiger partial charge in [0.25, 0.3) is 0 Å². The van der Waals surface area contributed by atoms with E-state index in [2.05, 4.69) is 15.9 Å². The zero-order chi connectivity index (χ0) is 10.6. The SMILES string of the molecule is N[C@H](C(=O)[C@H](O)[C@H](O)CO)C(O)Br. The lowest BCUT2D eigenvalue weighted by atomic mass is 10.0. The van der Waals surface area contributed by atoms with Gasteiger partial charge in [0.1, 0.15) is 23.3 Å². The van der Waals surface area contributed by atoms with Gasteiger partial charge in [0, 0.05) is 0 Å². The van der Waals surface area contributed by atoms with Gasteiger partial charge >= 0.3 is 0 Å². The number of ketones is 1. The Hall–Kier alpha value is -0.0500. The molecule has 0 bridgehead atoms. The first-order valence-electron chi connectivity index (χ1n) is 3.50. The van der Waals surface area contributed by atoms with Crippen molar-refractivity contribution in [2.45, 2.75) is 23.3 Å². The molecule has 0 radical (unpaired) electrons. The molecule has 0 fully saturated rings. The van der Waals surface area contributed by atoms with Crippen LogP contribution in [0.5, 0.6) is 0 Å². The van der Waals surface area contributed by atoms with Crippen LogP contribution >= 0.6 is 15.9 Å². The minimum absolute atomic E-state index is 0.752. The molecule has 0 aromatic heterocycles. The predicted molar refractivity (Wildman–Crippen MR) is 47.0 cm³/mol. The van der Waals surface area contributed by atoms with E-state index in [1.807, 2.05) is 0 Å². The number of halogens is 1. The topological polar surface area (TPSA) is 124 Å². The molecule has 13 heavy (non-hydrogen) atoms. The van der Waals surface area contributed by atoms with E-state index >= 15 is 0 Å². The zero-order valence-corrected chi connectivity index (χ0v) is 8.25. The van der Waals surface area contributed by atoms with E-state index < -0.39 is 35.7 Å². The molecule has 0 saturated heterocycles. The van der Waals surface area contributed by atoms with Crippen molar-refractivity contribution in [2.24, 2.45) is 5.73 Å². The molecule has 6 N–H and O–H groups in total. The quantitative estimate of drug-likeness (QED) is 0.342. The fraction of sp³-hybridized carbons (Fsp3) is 0.833. The number of aliphatic hydroxyl groups is 4. The van der Waals surface area contributed by atoms with Gasteiger partial charge in [0.15, 0.2) is 5.78 Å². The summed E-state index contributed by atoms with van der Waals surface area (Å²) in [5, 5.41) is 33.8. The number of carbonyl (C=O) groups excluding carboxylic acids is 1. The number of nitrogens with two attached hydrogens (primary N) is 1. The maximum atomic E-state index is 11.0. The van der Waals surface area contributed by atoms with Crippen LogP contribution in [-0.4, -0.2) is 56.1 Å². The summed E-state index contributed by atoms with van der Waals surface area (Å²) in [6.07, 6.45) is -3.36. The Morgan fingerprint density at radius 2 is 1.85 bits per heavy atom. The van der Waals surface area contributed by atoms with Crippen molar-refractivity contribution in [3.63, 3.8) is 0 Å². The highest BCUT2D eigenvalue weighted by Gasteiger charge is 2.31. The number of carbonyl (C=O) groups is 1. The molecule has 0 amide bonds. The van der Waals surface area contributed by atoms with Crippen molar-refractivity contribution in [1.29, 1.82) is 0 Å². The Labute approximate surface area is 83.1 Å². The van der Waals surface area contributed by atoms with E-state index in [0.717, 1.165) is 0 Å². The first kappa shape index (κ1) is 12.9. The molecule has 0 aromatic rings. The number of hydrogen-bond acceptors (Lipinski definition) is 6. The van der Waals surface area contributed by atoms with Gasteiger partial charge in [-0.05, 0) is 0 Å². The Morgan fingerprint density at radius 3 is 2.15 bits per heavy atom. The first-order chi connectivity index (χ1) is 5.91. The molecule has 4 atom stereocenters. The van der Waals surface area contributed by atoms with Gasteiger partial charge in [-0.3, -0.25) is 4.79 Å². The molecule has 0 aliphatic heterocycles. The third-order valence-corrected chi connectivity index (χ3v) is 2.04. The highest BCUT2D eigenvalue weighted by Crippen LogP contribution is 2.05. The summed E-state index contributed by atoms with van der Waals surface area (Å²) in [5.74, 6) is -0.939. The molecule has 0 rings (SSSR count). The van der Waals surface area contributed by atoms with E-state index in [1.54, 1.807) is 0 Å². The minimum atomic E-state index is -1.79. The van der Waals surface area contributed by atoms with Crippen LogP contribution in [0.2, 0.25) is 0 Å². The smallest absolute Gasteiger partial charge is 0.184 e. The fourth-order valence-corrected chi connectivity index (χ4v) is 0.883. The van der Waals surface area contributed by atoms with E-state index in [-0.39, 0.29) is 0 Å². The van der Waals surface area contributed by atoms with Crippen LogP contribution in [-0.2, 0) is 4.79 Å². The van der Waals surface area contributed by atoms with E-state index in [9.17, 15) is 4.79 Å². The van der Waals surface area contributed by atoms with Gasteiger partial charge in [-0.15, -0.1) is 0 Å². The molecule has 0 aliphatic rings. The van der Waals surface area contributed by atoms with Crippen molar-refractivity contribution in [3.05, 3.63) is 0 Å². The van der Waals surface area contributed by atoms with Crippen LogP contribution in [0.3, 0.4) is 0 Å². The highest BCUT2D eigenvalue weighted by molar-refractivity contribution is 9.09. The van der Waals surface area contributed by atoms with E-state index in [0.29, 0.717) is 0 Å². The Bertz CT molecular complexity index is 176. The molecule has 0 spiro atoms. The van der Waals surface area contributed by atoms with Crippen LogP contribution in [0.1, 0.15) is 0 Å². The van der Waals surface area contributed by atoms with Crippen LogP contribution in [0.25, 0.3) is 0 Å². The van der Waals surface area contributed by atoms with Crippen LogP contribution in [0, 0.1) is 0 Å². The highest BCUT2D eigenvalue weighted by atomic mass is 79.9. The van der Waals surface area contributed by atoms with E-state index in [4.69, 9.17) is 26.2 Å². The molecule has 78 valence electrons. The lowest BCUT2D eigenvalue weighted by Crippen LogP contribution is -2.49. The average Bonchev–Trinajstić information content (AvgIpc) is 2.12. The second-order valence-electron chi connectivity index (χ2n) is 2.50. The number of aliphatic hydroxyl groups excluding tert-OH is 4. The molecular weight excluding hydrogens is 246 g/mol. The van der Waals surface area contributed by atoms with Gasteiger partial charge < -0.3 is 26.2 Å². The summed E-state index contributed by atoms with van der Waals surface area (Å²) in [6.45, 7) is -0.752. The summed E-state index contributed by atoms with van der Waals surface area (Å²) < 4.78 is 0. The van der Waals surface area contributed by atoms with Crippen molar-refractivity contribution in [1.82, 2.24) is 0 Å². The van der Waals surface area contributed by atoms with Gasteiger partial charge in [0.2, 0.25) is 0 Å². The summed E-state index contributed by atoms with van der Waals surface area (Å²) >= 11 is 2.63. The molecule has 6 nitrogen and oxygen atoms in total. The summed E-state index contributed by atoms with van der Waals surface area (Å²) in [6, 6.07) is -1.34. The van der Waals surface area contributed by atoms with Crippen LogP contribution in [0.15, 0.2) is 0 Å². The van der Waals surface area contributed by atoms with Crippen molar-refractivity contribution < 1.29 is 25.2 Å². The largest absolute Gasteiger partial charge is 0.394 e. The monoisotopic (exact) mass is 257 g/mol. The Balaban J connectivity index is 4.25. The standard InChI is InChI=1S/C6H12BrNO5/c7-6(13)3(8)5(12)4(11)2(10)1-9/h2-4,6,9-11,13H,1,8H2/t2-,3-,4-,6?/m1/s1. The second kappa shape index (κ2) is 5.63. The van der Waals surface area contributed by atoms with Gasteiger partial charge in [-0.2, -0.15) is 0 Å². The molecule has 7 heteroatoms. The molecule has 1 unspecified atom stereocenters. The van der Waals surface area contributed by atoms with Gasteiger partial charge in [-0.25, -0.2) is 0 Å². The second-order valence-corrected chi connectivity index (χ2v) is 3.43. The Kier molecular flexibility index (Phi) is 5.61. The van der Waals surface area contributed by atoms with Gasteiger partial charge in [0.05, 0.1) is 6.61 Å². The normalized spacial score (nSPS) is 20.5. The maximum absolute atomic E-state index is 11.0. The van der Waals surface area contributed by atoms with Gasteiger partial charge in [-0.1, -0.05) is 15.9 Å². The number of rotatable bonds is 5. The summed E-state index contributed by atoms with van der Waals surface area (Å²) in [7, 11) is 0. The lowest BCUT2D eigenvalue weighted by Gasteiger charge is -2.19. The fourth-order valence-electron chi connectivity index (χ4n) is 0.622. The maximum Gasteiger partial charge on any atom is 0.184 e. The third-order valence-electron chi connectivity index (χ3n) is 1.47. The van der Waals surface area contributed by atoms with Crippen LogP contribution in [0.4, 0.5) is 0 Å². The number of Topliss-reactive ketones (excluding diaryl/α,β-unsaturated/α-hetero) is 1. The minimum Gasteiger partial charge on any atom is -0.394 e. The average molecular weight is 258 g/mol. The predicted octanol–water partition coefficient (Wildman–Crippen LogP) is -2.69. The Morgan fingerprint density at radius 1 is 1.38 bits per heavy atom. The molecule has 0 aromatic carbocycles. The number of hydrogen-bond donors (Lipinski definition) is 5. The zero-order valence-electron chi connectivity index (χ0n) is 6.67. The molecule has 0 aliphatic carbocycles. The summed E-state index contributed by atoms with van der Waals surface area (Å²) in [4.78, 5) is 11.0. The van der Waals surface area contributed by atoms with E-state index in [1.165, 1.54) is 0 Å². The molecule has 0 saturated carbocycles. The van der Waals surface area contributed by atoms with Crippen molar-refractivity contribution in [2.75, 3.05) is 6.61 Å². The van der Waals surface area contributed by atoms with Crippen LogP contribution < -0.4 is 5.73 Å². The van der Waals surface area contributed by atoms with Crippen molar-refractivity contribution in [3.8, 4) is 0 Å². The molecular formula is C6H12BrNO5. The van der Waals surface area contributed by atoms with Crippen molar-refractivity contribution >= 4 is 21.7 Å². The molecule has 0 heterocycles. The summed E-state index contributed by atoms with van der Waals surface area (Å²) in [5.41, 5.74) is 5.15. The number of alkyl halides is 1. The lowest BCUT2D eigenvalue weighted by molar-refractivity contribution is -0.137. The first-order valence-corrected chi connectivity index (χ1v) is 4.41.